The minimum Gasteiger partial charge on any atom is -0.303 e. The zero-order valence-corrected chi connectivity index (χ0v) is 16.0. The third-order valence-electron chi connectivity index (χ3n) is 3.28. The van der Waals surface area contributed by atoms with Gasteiger partial charge < -0.3 is 4.57 Å². The Kier molecular flexibility index (Phi) is 5.12. The number of carbonyl (C=O) groups excluding carboxylic acids is 1. The molecule has 1 amide bonds. The van der Waals surface area contributed by atoms with Gasteiger partial charge in [0.15, 0.2) is 4.80 Å². The normalized spacial score (nSPS) is 11.7. The van der Waals surface area contributed by atoms with Crippen molar-refractivity contribution in [3.8, 4) is 12.3 Å². The monoisotopic (exact) mass is 438 g/mol. The van der Waals surface area contributed by atoms with Crippen molar-refractivity contribution >= 4 is 66.6 Å². The maximum absolute atomic E-state index is 12.5. The van der Waals surface area contributed by atoms with E-state index in [1.165, 1.54) is 11.3 Å². The van der Waals surface area contributed by atoms with E-state index in [0.717, 1.165) is 4.70 Å². The Morgan fingerprint density at radius 2 is 2.04 bits per heavy atom. The van der Waals surface area contributed by atoms with Crippen molar-refractivity contribution in [3.05, 3.63) is 61.3 Å². The first-order chi connectivity index (χ1) is 11.5. The average molecular weight is 440 g/mol. The minimum absolute atomic E-state index is 0.238. The van der Waals surface area contributed by atoms with Gasteiger partial charge in [-0.15, -0.1) is 6.42 Å². The van der Waals surface area contributed by atoms with Gasteiger partial charge in [-0.25, -0.2) is 0 Å². The summed E-state index contributed by atoms with van der Waals surface area (Å²) in [5.74, 6) is 2.20. The molecule has 0 aliphatic heterocycles. The van der Waals surface area contributed by atoms with E-state index in [4.69, 9.17) is 29.6 Å². The molecular formula is C17H9BrCl2N2OS. The van der Waals surface area contributed by atoms with Crippen LogP contribution < -0.4 is 4.80 Å². The van der Waals surface area contributed by atoms with Crippen molar-refractivity contribution in [3.63, 3.8) is 0 Å². The molecule has 1 heterocycles. The number of amides is 1. The Hall–Kier alpha value is -1.58. The number of rotatable bonds is 2. The maximum Gasteiger partial charge on any atom is 0.280 e. The smallest absolute Gasteiger partial charge is 0.280 e. The molecule has 3 rings (SSSR count). The van der Waals surface area contributed by atoms with Gasteiger partial charge in [0.25, 0.3) is 5.91 Å². The van der Waals surface area contributed by atoms with Gasteiger partial charge >= 0.3 is 0 Å². The molecule has 0 N–H and O–H groups in total. The summed E-state index contributed by atoms with van der Waals surface area (Å²) in [7, 11) is 0. The van der Waals surface area contributed by atoms with Crippen LogP contribution in [0.4, 0.5) is 0 Å². The molecule has 3 aromatic rings. The zero-order chi connectivity index (χ0) is 17.3. The first kappa shape index (κ1) is 17.2. The Balaban J connectivity index is 2.24. The lowest BCUT2D eigenvalue weighted by atomic mass is 10.2. The Bertz CT molecular complexity index is 1060. The molecule has 24 heavy (non-hydrogen) atoms. The molecule has 0 radical (unpaired) electrons. The molecule has 2 aromatic carbocycles. The quantitative estimate of drug-likeness (QED) is 0.508. The fraction of sp³-hybridized carbons (Fsp3) is 0.0588. The lowest BCUT2D eigenvalue weighted by Gasteiger charge is -2.03. The summed E-state index contributed by atoms with van der Waals surface area (Å²) < 4.78 is 3.27. The molecule has 0 atom stereocenters. The van der Waals surface area contributed by atoms with Crippen LogP contribution in [0, 0.1) is 12.3 Å². The molecule has 0 bridgehead atoms. The minimum atomic E-state index is -0.359. The lowest BCUT2D eigenvalue weighted by molar-refractivity contribution is 0.0997. The summed E-state index contributed by atoms with van der Waals surface area (Å²) in [6, 6.07) is 10.7. The molecule has 120 valence electrons. The van der Waals surface area contributed by atoms with Gasteiger partial charge in [0, 0.05) is 4.47 Å². The van der Waals surface area contributed by atoms with E-state index < -0.39 is 0 Å². The topological polar surface area (TPSA) is 34.4 Å². The van der Waals surface area contributed by atoms with Gasteiger partial charge in [0.05, 0.1) is 32.4 Å². The molecule has 0 spiro atoms. The number of hydrogen-bond donors (Lipinski definition) is 0. The second-order valence-electron chi connectivity index (χ2n) is 4.78. The number of carbonyl (C=O) groups is 1. The first-order valence-electron chi connectivity index (χ1n) is 6.77. The van der Waals surface area contributed by atoms with Crippen LogP contribution >= 0.6 is 50.5 Å². The summed E-state index contributed by atoms with van der Waals surface area (Å²) >= 11 is 17.1. The van der Waals surface area contributed by atoms with Gasteiger partial charge in [0.1, 0.15) is 0 Å². The van der Waals surface area contributed by atoms with Crippen LogP contribution in [0.15, 0.2) is 45.9 Å². The largest absolute Gasteiger partial charge is 0.303 e. The third kappa shape index (κ3) is 3.15. The molecular weight excluding hydrogens is 431 g/mol. The summed E-state index contributed by atoms with van der Waals surface area (Å²) in [6.45, 7) is 0.238. The van der Waals surface area contributed by atoms with E-state index >= 15 is 0 Å². The maximum atomic E-state index is 12.5. The van der Waals surface area contributed by atoms with E-state index in [-0.39, 0.29) is 12.5 Å². The molecule has 1 aromatic heterocycles. The summed E-state index contributed by atoms with van der Waals surface area (Å²) in [5.41, 5.74) is 1.16. The summed E-state index contributed by atoms with van der Waals surface area (Å²) in [5, 5.41) is 0.826. The highest BCUT2D eigenvalue weighted by Gasteiger charge is 2.14. The lowest BCUT2D eigenvalue weighted by Crippen LogP contribution is -2.16. The van der Waals surface area contributed by atoms with E-state index in [1.807, 2.05) is 12.1 Å². The number of hydrogen-bond acceptors (Lipinski definition) is 2. The summed E-state index contributed by atoms with van der Waals surface area (Å²) in [6.07, 6.45) is 5.46. The highest BCUT2D eigenvalue weighted by molar-refractivity contribution is 9.10. The van der Waals surface area contributed by atoms with Crippen LogP contribution in [0.5, 0.6) is 0 Å². The highest BCUT2D eigenvalue weighted by atomic mass is 79.9. The van der Waals surface area contributed by atoms with E-state index in [9.17, 15) is 4.79 Å². The number of fused-ring (bicyclic) bond motifs is 1. The highest BCUT2D eigenvalue weighted by Crippen LogP contribution is 2.32. The summed E-state index contributed by atoms with van der Waals surface area (Å²) in [4.78, 5) is 17.2. The van der Waals surface area contributed by atoms with Crippen LogP contribution in [-0.2, 0) is 6.54 Å². The fourth-order valence-corrected chi connectivity index (χ4v) is 4.17. The average Bonchev–Trinajstić information content (AvgIpc) is 2.90. The van der Waals surface area contributed by atoms with Crippen LogP contribution in [0.1, 0.15) is 10.4 Å². The standard InChI is InChI=1S/C17H9BrCl2N2OS/c1-2-9-22-15-13(8-7-12(19)14(15)20)24-17(22)21-16(23)10-5-3-4-6-11(10)18/h1,3-8H,9H2. The Morgan fingerprint density at radius 1 is 1.29 bits per heavy atom. The molecule has 0 fully saturated rings. The molecule has 0 aliphatic rings. The number of thiazole rings is 1. The SMILES string of the molecule is C#CCn1c(=NC(=O)c2ccccc2Br)sc2ccc(Cl)c(Cl)c21. The van der Waals surface area contributed by atoms with Gasteiger partial charge in [0.2, 0.25) is 0 Å². The Morgan fingerprint density at radius 3 is 2.75 bits per heavy atom. The van der Waals surface area contributed by atoms with E-state index in [2.05, 4.69) is 26.8 Å². The predicted molar refractivity (Wildman–Crippen MR) is 103 cm³/mol. The van der Waals surface area contributed by atoms with Gasteiger partial charge in [-0.3, -0.25) is 4.79 Å². The van der Waals surface area contributed by atoms with Crippen LogP contribution in [0.25, 0.3) is 10.2 Å². The van der Waals surface area contributed by atoms with Crippen molar-refractivity contribution in [2.24, 2.45) is 4.99 Å². The number of terminal acetylenes is 1. The first-order valence-corrected chi connectivity index (χ1v) is 9.14. The number of halogens is 3. The second kappa shape index (κ2) is 7.12. The van der Waals surface area contributed by atoms with Gasteiger partial charge in [-0.2, -0.15) is 4.99 Å². The van der Waals surface area contributed by atoms with Crippen molar-refractivity contribution in [2.75, 3.05) is 0 Å². The third-order valence-corrected chi connectivity index (χ3v) is 5.81. The Labute approximate surface area is 160 Å². The number of aromatic nitrogens is 1. The molecule has 0 unspecified atom stereocenters. The van der Waals surface area contributed by atoms with E-state index in [0.29, 0.717) is 30.4 Å². The van der Waals surface area contributed by atoms with Crippen LogP contribution in [-0.4, -0.2) is 10.5 Å². The van der Waals surface area contributed by atoms with Crippen molar-refractivity contribution < 1.29 is 4.79 Å². The number of benzene rings is 2. The number of nitrogens with zero attached hydrogens (tertiary/aromatic N) is 2. The molecule has 7 heteroatoms. The van der Waals surface area contributed by atoms with Crippen molar-refractivity contribution in [2.45, 2.75) is 6.54 Å². The molecule has 3 nitrogen and oxygen atoms in total. The van der Waals surface area contributed by atoms with Gasteiger partial charge in [-0.05, 0) is 40.2 Å². The fourth-order valence-electron chi connectivity index (χ4n) is 2.21. The molecule has 0 saturated carbocycles. The molecule has 0 saturated heterocycles. The van der Waals surface area contributed by atoms with Crippen LogP contribution in [0.3, 0.4) is 0 Å². The molecule has 0 aliphatic carbocycles. The second-order valence-corrected chi connectivity index (χ2v) is 7.43. The zero-order valence-electron chi connectivity index (χ0n) is 12.1. The van der Waals surface area contributed by atoms with Crippen molar-refractivity contribution in [1.29, 1.82) is 0 Å². The van der Waals surface area contributed by atoms with Crippen LogP contribution in [0.2, 0.25) is 10.0 Å². The van der Waals surface area contributed by atoms with E-state index in [1.54, 1.807) is 28.8 Å². The predicted octanol–water partition coefficient (Wildman–Crippen LogP) is 5.15. The van der Waals surface area contributed by atoms with Gasteiger partial charge in [-0.1, -0.05) is 52.6 Å². The van der Waals surface area contributed by atoms with Crippen molar-refractivity contribution in [1.82, 2.24) is 4.57 Å².